The van der Waals surface area contributed by atoms with Crippen molar-refractivity contribution < 1.29 is 17.6 Å². The maximum atomic E-state index is 14.8. The Morgan fingerprint density at radius 2 is 1.70 bits per heavy atom. The van der Waals surface area contributed by atoms with Gasteiger partial charge in [0.1, 0.15) is 23.7 Å². The summed E-state index contributed by atoms with van der Waals surface area (Å²) in [6.45, 7) is 0.250. The summed E-state index contributed by atoms with van der Waals surface area (Å²) < 4.78 is 59.7. The van der Waals surface area contributed by atoms with Crippen molar-refractivity contribution in [3.8, 4) is 0 Å². The van der Waals surface area contributed by atoms with Crippen LogP contribution >= 0.6 is 0 Å². The predicted octanol–water partition coefficient (Wildman–Crippen LogP) is 6.26. The van der Waals surface area contributed by atoms with Gasteiger partial charge < -0.3 is 9.47 Å². The first-order valence-electron chi connectivity index (χ1n) is 14.0. The third-order valence-electron chi connectivity index (χ3n) is 8.14. The monoisotopic (exact) mass is 587 g/mol. The van der Waals surface area contributed by atoms with Gasteiger partial charge in [0.05, 0.1) is 23.8 Å². The molecule has 10 heteroatoms. The zero-order valence-electron chi connectivity index (χ0n) is 23.2. The lowest BCUT2D eigenvalue weighted by Crippen LogP contribution is -2.52. The van der Waals surface area contributed by atoms with Crippen molar-refractivity contribution in [2.45, 2.75) is 31.7 Å². The quantitative estimate of drug-likeness (QED) is 0.229. The molecule has 2 aliphatic rings. The van der Waals surface area contributed by atoms with Gasteiger partial charge in [-0.25, -0.2) is 4.39 Å². The highest BCUT2D eigenvalue weighted by Gasteiger charge is 2.54. The molecule has 0 bridgehead atoms. The summed E-state index contributed by atoms with van der Waals surface area (Å²) in [5.41, 5.74) is 0.616. The number of para-hydroxylation sites is 1. The average molecular weight is 588 g/mol. The number of aromatic nitrogens is 2. The molecule has 0 fully saturated rings. The molecule has 2 unspecified atom stereocenters. The van der Waals surface area contributed by atoms with E-state index in [1.54, 1.807) is 63.0 Å². The van der Waals surface area contributed by atoms with Gasteiger partial charge in [-0.15, -0.1) is 0 Å². The number of allylic oxidation sites excluding steroid dienone is 3. The lowest BCUT2D eigenvalue weighted by atomic mass is 9.77. The fraction of sp³-hybridized carbons (Fsp3) is 0.242. The smallest absolute Gasteiger partial charge is 0.337 e. The van der Waals surface area contributed by atoms with Crippen molar-refractivity contribution >= 4 is 22.8 Å². The van der Waals surface area contributed by atoms with E-state index in [4.69, 9.17) is 0 Å². The van der Waals surface area contributed by atoms with Gasteiger partial charge in [-0.3, -0.25) is 9.80 Å². The van der Waals surface area contributed by atoms with Crippen molar-refractivity contribution in [1.82, 2.24) is 19.5 Å². The van der Waals surface area contributed by atoms with Crippen molar-refractivity contribution in [1.29, 1.82) is 0 Å². The van der Waals surface area contributed by atoms with Gasteiger partial charge >= 0.3 is 6.18 Å². The Morgan fingerprint density at radius 3 is 2.42 bits per heavy atom. The second kappa shape index (κ2) is 11.5. The lowest BCUT2D eigenvalue weighted by Gasteiger charge is -2.40. The number of halogens is 4. The van der Waals surface area contributed by atoms with Crippen LogP contribution < -0.4 is 5.56 Å². The molecule has 1 aromatic heterocycles. The Bertz CT molecular complexity index is 1750. The average Bonchev–Trinajstić information content (AvgIpc) is 3.39. The molecule has 0 radical (unpaired) electrons. The summed E-state index contributed by atoms with van der Waals surface area (Å²) in [5.74, 6) is -0.341. The van der Waals surface area contributed by atoms with E-state index in [9.17, 15) is 22.4 Å². The van der Waals surface area contributed by atoms with Crippen LogP contribution in [0.1, 0.15) is 17.5 Å². The third-order valence-corrected chi connectivity index (χ3v) is 8.14. The maximum Gasteiger partial charge on any atom is 0.399 e. The number of nitrogens with zero attached hydrogens (tertiary/aromatic N) is 5. The van der Waals surface area contributed by atoms with Crippen LogP contribution in [0.4, 0.5) is 17.6 Å². The van der Waals surface area contributed by atoms with E-state index in [0.717, 1.165) is 16.7 Å². The summed E-state index contributed by atoms with van der Waals surface area (Å²) in [4.78, 5) is 18.0. The van der Waals surface area contributed by atoms with Crippen LogP contribution in [-0.2, 0) is 13.0 Å². The minimum absolute atomic E-state index is 0.208. The van der Waals surface area contributed by atoms with Crippen LogP contribution in [0.25, 0.3) is 16.5 Å². The topological polar surface area (TPSA) is 53.7 Å². The van der Waals surface area contributed by atoms with Gasteiger partial charge in [-0.1, -0.05) is 72.8 Å². The van der Waals surface area contributed by atoms with E-state index in [1.807, 2.05) is 30.3 Å². The molecule has 0 saturated carbocycles. The van der Waals surface area contributed by atoms with Gasteiger partial charge in [0.15, 0.2) is 0 Å². The Morgan fingerprint density at radius 1 is 0.953 bits per heavy atom. The van der Waals surface area contributed by atoms with E-state index >= 15 is 0 Å². The van der Waals surface area contributed by atoms with Crippen molar-refractivity contribution in [3.63, 3.8) is 0 Å². The highest BCUT2D eigenvalue weighted by Crippen LogP contribution is 2.47. The molecular weight excluding hydrogens is 558 g/mol. The molecule has 2 heterocycles. The van der Waals surface area contributed by atoms with Crippen LogP contribution in [0.2, 0.25) is 0 Å². The molecule has 6 nitrogen and oxygen atoms in total. The van der Waals surface area contributed by atoms with Crippen molar-refractivity contribution in [2.75, 3.05) is 13.1 Å². The first-order chi connectivity index (χ1) is 20.7. The number of hydrogen-bond acceptors (Lipinski definition) is 5. The number of benzene rings is 3. The molecule has 0 saturated heterocycles. The molecule has 6 rings (SSSR count). The molecule has 220 valence electrons. The molecule has 0 N–H and O–H groups in total. The fourth-order valence-corrected chi connectivity index (χ4v) is 5.65. The first kappa shape index (κ1) is 28.4. The molecule has 0 spiro atoms. The molecule has 3 aromatic carbocycles. The minimum Gasteiger partial charge on any atom is -0.337 e. The molecule has 1 aliphatic heterocycles. The zero-order chi connectivity index (χ0) is 30.0. The number of fused-ring (bicyclic) bond motifs is 1. The van der Waals surface area contributed by atoms with E-state index in [2.05, 4.69) is 10.1 Å². The fourth-order valence-electron chi connectivity index (χ4n) is 5.65. The molecule has 0 amide bonds. The van der Waals surface area contributed by atoms with Crippen LogP contribution in [0.3, 0.4) is 0 Å². The van der Waals surface area contributed by atoms with Gasteiger partial charge in [0, 0.05) is 13.1 Å². The summed E-state index contributed by atoms with van der Waals surface area (Å²) in [7, 11) is 0. The van der Waals surface area contributed by atoms with Crippen molar-refractivity contribution in [2.24, 2.45) is 10.5 Å². The Labute approximate surface area is 245 Å². The molecule has 1 aliphatic carbocycles. The zero-order valence-corrected chi connectivity index (χ0v) is 23.2. The minimum atomic E-state index is -4.52. The molecular formula is C33H29F4N5O. The van der Waals surface area contributed by atoms with E-state index in [0.29, 0.717) is 23.9 Å². The van der Waals surface area contributed by atoms with Crippen LogP contribution in [0.15, 0.2) is 113 Å². The summed E-state index contributed by atoms with van der Waals surface area (Å²) in [6.07, 6.45) is 2.55. The summed E-state index contributed by atoms with van der Waals surface area (Å²) >= 11 is 0. The van der Waals surface area contributed by atoms with E-state index < -0.39 is 17.8 Å². The Kier molecular flexibility index (Phi) is 7.60. The number of hydrogen-bond donors (Lipinski definition) is 0. The second-order valence-corrected chi connectivity index (χ2v) is 10.9. The summed E-state index contributed by atoms with van der Waals surface area (Å²) in [5, 5.41) is 6.70. The van der Waals surface area contributed by atoms with Gasteiger partial charge in [-0.05, 0) is 53.8 Å². The van der Waals surface area contributed by atoms with E-state index in [1.165, 1.54) is 30.9 Å². The van der Waals surface area contributed by atoms with Gasteiger partial charge in [-0.2, -0.15) is 23.3 Å². The Balaban J connectivity index is 1.30. The first-order valence-corrected chi connectivity index (χ1v) is 14.0. The van der Waals surface area contributed by atoms with Crippen LogP contribution in [0.5, 0.6) is 0 Å². The highest BCUT2D eigenvalue weighted by molar-refractivity contribution is 5.78. The number of alkyl halides is 3. The molecule has 43 heavy (non-hydrogen) atoms. The third kappa shape index (κ3) is 5.82. The second-order valence-electron chi connectivity index (χ2n) is 10.9. The van der Waals surface area contributed by atoms with Crippen LogP contribution in [0, 0.1) is 11.2 Å². The summed E-state index contributed by atoms with van der Waals surface area (Å²) in [6, 6.07) is 22.5. The largest absolute Gasteiger partial charge is 0.399 e. The number of hydrazone groups is 1. The molecule has 4 aromatic rings. The SMILES string of the molecule is O=c1ncn(CC2N(CC3(C(F)(F)F)C=CC(c4ccccc4)=CC3)C=NN2CCc2ccc(F)cc2)c2ccccc12. The van der Waals surface area contributed by atoms with Crippen LogP contribution in [-0.4, -0.2) is 51.2 Å². The Hall–Kier alpha value is -4.73. The lowest BCUT2D eigenvalue weighted by molar-refractivity contribution is -0.209. The number of rotatable bonds is 8. The molecule has 2 atom stereocenters. The standard InChI is InChI=1S/C33H29F4N5O/c34-27-12-10-24(11-13-27)16-19-42-30(20-40-22-38-31(43)28-8-4-5-9-29(28)40)41(23-39-42)21-32(33(35,36)37)17-14-26(15-18-32)25-6-2-1-3-7-25/h1-15,17,22-23,30H,16,18-21H2. The normalized spacial score (nSPS) is 20.2. The van der Waals surface area contributed by atoms with E-state index in [-0.39, 0.29) is 30.9 Å². The van der Waals surface area contributed by atoms with Gasteiger partial charge in [0.25, 0.3) is 5.56 Å². The highest BCUT2D eigenvalue weighted by atomic mass is 19.4. The van der Waals surface area contributed by atoms with Gasteiger partial charge in [0.2, 0.25) is 0 Å². The van der Waals surface area contributed by atoms with Crippen molar-refractivity contribution in [3.05, 3.63) is 131 Å². The predicted molar refractivity (Wildman–Crippen MR) is 158 cm³/mol. The maximum absolute atomic E-state index is 14.8.